The average Bonchev–Trinajstić information content (AvgIpc) is 2.41. The second-order valence-electron chi connectivity index (χ2n) is 4.25. The van der Waals surface area contributed by atoms with Crippen LogP contribution in [0.3, 0.4) is 0 Å². The van der Waals surface area contributed by atoms with E-state index in [0.29, 0.717) is 12.1 Å². The molecule has 0 saturated heterocycles. The Morgan fingerprint density at radius 1 is 1.00 bits per heavy atom. The number of carboxylic acids is 1. The van der Waals surface area contributed by atoms with Gasteiger partial charge >= 0.3 is 33.5 Å². The van der Waals surface area contributed by atoms with Crippen LogP contribution in [-0.4, -0.2) is 47.6 Å². The SMILES string of the molecule is O=C(O)c1ccc(C(=O)OC(C(F)(F)F)C(F)(F)S(=O)(=O)O)cc1. The van der Waals surface area contributed by atoms with Crippen molar-refractivity contribution < 1.29 is 54.4 Å². The average molecular weight is 378 g/mol. The number of ether oxygens (including phenoxy) is 1. The van der Waals surface area contributed by atoms with Gasteiger partial charge in [0, 0.05) is 0 Å². The summed E-state index contributed by atoms with van der Waals surface area (Å²) in [4.78, 5) is 22.1. The number of carbonyl (C=O) groups is 2. The van der Waals surface area contributed by atoms with Crippen LogP contribution in [0.1, 0.15) is 20.7 Å². The van der Waals surface area contributed by atoms with Gasteiger partial charge in [0.25, 0.3) is 6.10 Å². The molecule has 0 spiro atoms. The van der Waals surface area contributed by atoms with E-state index in [1.807, 2.05) is 0 Å². The molecule has 0 radical (unpaired) electrons. The van der Waals surface area contributed by atoms with Crippen LogP contribution in [0.2, 0.25) is 0 Å². The second-order valence-corrected chi connectivity index (χ2v) is 5.74. The third-order valence-corrected chi connectivity index (χ3v) is 3.44. The Bertz CT molecular complexity index is 739. The van der Waals surface area contributed by atoms with Crippen LogP contribution in [0, 0.1) is 0 Å². The standard InChI is InChI=1S/C11H7F5O7S/c12-10(13,14)9(11(15,16)24(20,21)22)23-8(19)6-3-1-5(2-4-6)7(17)18/h1-4,9H,(H,17,18)(H,20,21,22). The minimum absolute atomic E-state index is 0.359. The van der Waals surface area contributed by atoms with Crippen molar-refractivity contribution in [2.75, 3.05) is 0 Å². The molecule has 0 saturated carbocycles. The van der Waals surface area contributed by atoms with Crippen LogP contribution in [0.4, 0.5) is 22.0 Å². The highest BCUT2D eigenvalue weighted by molar-refractivity contribution is 7.86. The molecule has 134 valence electrons. The van der Waals surface area contributed by atoms with Crippen molar-refractivity contribution in [3.05, 3.63) is 35.4 Å². The summed E-state index contributed by atoms with van der Waals surface area (Å²) in [5.74, 6) is -3.43. The number of alkyl halides is 5. The van der Waals surface area contributed by atoms with E-state index < -0.39 is 45.2 Å². The molecule has 0 bridgehead atoms. The smallest absolute Gasteiger partial charge is 0.432 e. The first-order chi connectivity index (χ1) is 10.7. The van der Waals surface area contributed by atoms with Gasteiger partial charge in [0.15, 0.2) is 0 Å². The molecule has 7 nitrogen and oxygen atoms in total. The van der Waals surface area contributed by atoms with Crippen molar-refractivity contribution in [1.29, 1.82) is 0 Å². The summed E-state index contributed by atoms with van der Waals surface area (Å²) in [6.07, 6.45) is -10.5. The summed E-state index contributed by atoms with van der Waals surface area (Å²) in [6.45, 7) is 0. The number of hydrogen-bond acceptors (Lipinski definition) is 5. The lowest BCUT2D eigenvalue weighted by atomic mass is 10.1. The van der Waals surface area contributed by atoms with Crippen molar-refractivity contribution in [1.82, 2.24) is 0 Å². The zero-order valence-corrected chi connectivity index (χ0v) is 11.9. The highest BCUT2D eigenvalue weighted by atomic mass is 32.2. The molecule has 24 heavy (non-hydrogen) atoms. The van der Waals surface area contributed by atoms with Crippen LogP contribution < -0.4 is 0 Å². The number of esters is 1. The predicted octanol–water partition coefficient (Wildman–Crippen LogP) is 1.95. The molecule has 0 heterocycles. The summed E-state index contributed by atoms with van der Waals surface area (Å²) < 4.78 is 96.8. The molecule has 1 rings (SSSR count). The Morgan fingerprint density at radius 2 is 1.42 bits per heavy atom. The third kappa shape index (κ3) is 4.17. The molecular weight excluding hydrogens is 371 g/mol. The van der Waals surface area contributed by atoms with Gasteiger partial charge in [-0.3, -0.25) is 4.55 Å². The highest BCUT2D eigenvalue weighted by Crippen LogP contribution is 2.38. The molecule has 1 aromatic carbocycles. The largest absolute Gasteiger partial charge is 0.478 e. The lowest BCUT2D eigenvalue weighted by Crippen LogP contribution is -2.52. The van der Waals surface area contributed by atoms with Crippen molar-refractivity contribution in [3.8, 4) is 0 Å². The number of carbonyl (C=O) groups excluding carboxylic acids is 1. The Hall–Kier alpha value is -2.28. The summed E-state index contributed by atoms with van der Waals surface area (Å²) in [7, 11) is -6.54. The van der Waals surface area contributed by atoms with Crippen LogP contribution in [-0.2, 0) is 14.9 Å². The number of halogens is 5. The molecule has 0 amide bonds. The van der Waals surface area contributed by atoms with E-state index in [0.717, 1.165) is 12.1 Å². The fourth-order valence-electron chi connectivity index (χ4n) is 1.39. The van der Waals surface area contributed by atoms with Gasteiger partial charge in [0.1, 0.15) is 0 Å². The van der Waals surface area contributed by atoms with Gasteiger partial charge in [-0.05, 0) is 24.3 Å². The van der Waals surface area contributed by atoms with Crippen LogP contribution in [0.15, 0.2) is 24.3 Å². The lowest BCUT2D eigenvalue weighted by Gasteiger charge is -2.26. The van der Waals surface area contributed by atoms with Crippen molar-refractivity contribution in [3.63, 3.8) is 0 Å². The van der Waals surface area contributed by atoms with Crippen molar-refractivity contribution in [2.24, 2.45) is 0 Å². The number of benzene rings is 1. The van der Waals surface area contributed by atoms with E-state index in [9.17, 15) is 40.0 Å². The van der Waals surface area contributed by atoms with Gasteiger partial charge in [-0.1, -0.05) is 0 Å². The summed E-state index contributed by atoms with van der Waals surface area (Å²) in [5, 5.41) is 2.76. The number of hydrogen-bond donors (Lipinski definition) is 2. The van der Waals surface area contributed by atoms with Crippen molar-refractivity contribution in [2.45, 2.75) is 17.5 Å². The van der Waals surface area contributed by atoms with Gasteiger partial charge in [0.05, 0.1) is 11.1 Å². The zero-order valence-electron chi connectivity index (χ0n) is 11.1. The maximum absolute atomic E-state index is 13.2. The monoisotopic (exact) mass is 378 g/mol. The van der Waals surface area contributed by atoms with E-state index in [-0.39, 0.29) is 5.56 Å². The molecule has 0 aliphatic carbocycles. The quantitative estimate of drug-likeness (QED) is 0.457. The molecule has 0 aromatic heterocycles. The minimum atomic E-state index is -6.54. The van der Waals surface area contributed by atoms with E-state index in [4.69, 9.17) is 9.66 Å². The van der Waals surface area contributed by atoms with Crippen molar-refractivity contribution >= 4 is 22.1 Å². The fraction of sp³-hybridized carbons (Fsp3) is 0.273. The first kappa shape index (κ1) is 19.8. The highest BCUT2D eigenvalue weighted by Gasteiger charge is 2.66. The molecule has 1 unspecified atom stereocenters. The normalized spacial score (nSPS) is 14.1. The molecule has 0 aliphatic heterocycles. The van der Waals surface area contributed by atoms with Gasteiger partial charge < -0.3 is 9.84 Å². The maximum Gasteiger partial charge on any atom is 0.432 e. The Balaban J connectivity index is 3.16. The lowest BCUT2D eigenvalue weighted by molar-refractivity contribution is -0.248. The van der Waals surface area contributed by atoms with Gasteiger partial charge in [-0.25, -0.2) is 9.59 Å². The molecule has 1 aromatic rings. The first-order valence-corrected chi connectivity index (χ1v) is 7.08. The summed E-state index contributed by atoms with van der Waals surface area (Å²) in [5.41, 5.74) is -1.11. The molecule has 2 N–H and O–H groups in total. The molecular formula is C11H7F5O7S. The predicted molar refractivity (Wildman–Crippen MR) is 65.2 cm³/mol. The van der Waals surface area contributed by atoms with E-state index in [1.54, 1.807) is 0 Å². The Morgan fingerprint density at radius 3 is 1.75 bits per heavy atom. The second kappa shape index (κ2) is 6.32. The fourth-order valence-corrected chi connectivity index (χ4v) is 1.84. The number of aromatic carboxylic acids is 1. The van der Waals surface area contributed by atoms with Crippen LogP contribution in [0.25, 0.3) is 0 Å². The van der Waals surface area contributed by atoms with Gasteiger partial charge in [-0.2, -0.15) is 30.4 Å². The topological polar surface area (TPSA) is 118 Å². The third-order valence-electron chi connectivity index (χ3n) is 2.54. The molecule has 0 fully saturated rings. The Kier molecular flexibility index (Phi) is 5.20. The van der Waals surface area contributed by atoms with Crippen LogP contribution >= 0.6 is 0 Å². The van der Waals surface area contributed by atoms with Gasteiger partial charge in [0.2, 0.25) is 0 Å². The molecule has 1 atom stereocenters. The van der Waals surface area contributed by atoms with Gasteiger partial charge in [-0.15, -0.1) is 0 Å². The number of carboxylic acid groups (broad SMARTS) is 1. The number of rotatable bonds is 5. The van der Waals surface area contributed by atoms with E-state index >= 15 is 0 Å². The van der Waals surface area contributed by atoms with E-state index in [1.165, 1.54) is 0 Å². The first-order valence-electron chi connectivity index (χ1n) is 5.64. The maximum atomic E-state index is 13.2. The zero-order chi connectivity index (χ0) is 18.9. The minimum Gasteiger partial charge on any atom is -0.478 e. The van der Waals surface area contributed by atoms with Crippen LogP contribution in [0.5, 0.6) is 0 Å². The summed E-state index contributed by atoms with van der Waals surface area (Å²) in [6, 6.07) is 2.90. The molecule has 13 heteroatoms. The Labute approximate surface area is 130 Å². The molecule has 0 aliphatic rings. The summed E-state index contributed by atoms with van der Waals surface area (Å²) >= 11 is 0. The van der Waals surface area contributed by atoms with E-state index in [2.05, 4.69) is 4.74 Å².